The maximum atomic E-state index is 12.2. The number of amides is 2. The summed E-state index contributed by atoms with van der Waals surface area (Å²) < 4.78 is 5.15. The molecule has 0 aliphatic carbocycles. The molecular weight excluding hydrogens is 308 g/mol. The van der Waals surface area contributed by atoms with Crippen molar-refractivity contribution in [3.05, 3.63) is 11.3 Å². The van der Waals surface area contributed by atoms with Crippen LogP contribution in [-0.4, -0.2) is 73.7 Å². The highest BCUT2D eigenvalue weighted by atomic mass is 16.5. The Morgan fingerprint density at radius 1 is 1.25 bits per heavy atom. The fourth-order valence-electron chi connectivity index (χ4n) is 3.27. The fourth-order valence-corrected chi connectivity index (χ4v) is 3.27. The Labute approximate surface area is 144 Å². The standard InChI is InChI=1S/C17H30N4O3/c1-5-24-16(22)15-13(4)18-17(23)19-14(15)11-21-8-6-20(7-9-21)10-12(2)3/h12-13H,5-11H2,1-4H3,(H2,18,19,23). The van der Waals surface area contributed by atoms with Crippen LogP contribution in [0.25, 0.3) is 0 Å². The molecular formula is C17H30N4O3. The third-order valence-electron chi connectivity index (χ3n) is 4.34. The molecule has 24 heavy (non-hydrogen) atoms. The van der Waals surface area contributed by atoms with Gasteiger partial charge < -0.3 is 20.3 Å². The van der Waals surface area contributed by atoms with Gasteiger partial charge in [0.25, 0.3) is 0 Å². The molecule has 7 nitrogen and oxygen atoms in total. The molecule has 2 N–H and O–H groups in total. The summed E-state index contributed by atoms with van der Waals surface area (Å²) in [6.07, 6.45) is 0. The second-order valence-corrected chi connectivity index (χ2v) is 6.90. The SMILES string of the molecule is CCOC(=O)C1=C(CN2CCN(CC(C)C)CC2)NC(=O)NC1C. The van der Waals surface area contributed by atoms with Crippen LogP contribution < -0.4 is 10.6 Å². The van der Waals surface area contributed by atoms with Crippen molar-refractivity contribution in [1.29, 1.82) is 0 Å². The lowest BCUT2D eigenvalue weighted by molar-refractivity contribution is -0.139. The molecule has 1 saturated heterocycles. The molecule has 0 spiro atoms. The molecule has 0 aromatic carbocycles. The van der Waals surface area contributed by atoms with E-state index >= 15 is 0 Å². The zero-order valence-electron chi connectivity index (χ0n) is 15.2. The number of esters is 1. The van der Waals surface area contributed by atoms with E-state index in [0.717, 1.165) is 32.7 Å². The summed E-state index contributed by atoms with van der Waals surface area (Å²) >= 11 is 0. The first-order chi connectivity index (χ1) is 11.4. The highest BCUT2D eigenvalue weighted by Crippen LogP contribution is 2.16. The van der Waals surface area contributed by atoms with E-state index in [4.69, 9.17) is 4.74 Å². The minimum absolute atomic E-state index is 0.260. The van der Waals surface area contributed by atoms with Crippen molar-refractivity contribution in [3.63, 3.8) is 0 Å². The monoisotopic (exact) mass is 338 g/mol. The van der Waals surface area contributed by atoms with Gasteiger partial charge in [-0.1, -0.05) is 13.8 Å². The second-order valence-electron chi connectivity index (χ2n) is 6.90. The van der Waals surface area contributed by atoms with Gasteiger partial charge in [-0.2, -0.15) is 0 Å². The van der Waals surface area contributed by atoms with E-state index in [1.807, 2.05) is 6.92 Å². The third kappa shape index (κ3) is 4.95. The summed E-state index contributed by atoms with van der Waals surface area (Å²) in [4.78, 5) is 28.8. The van der Waals surface area contributed by atoms with E-state index in [1.54, 1.807) is 6.92 Å². The molecule has 0 radical (unpaired) electrons. The van der Waals surface area contributed by atoms with Gasteiger partial charge in [0.2, 0.25) is 0 Å². The van der Waals surface area contributed by atoms with Crippen molar-refractivity contribution in [1.82, 2.24) is 20.4 Å². The smallest absolute Gasteiger partial charge is 0.337 e. The van der Waals surface area contributed by atoms with Gasteiger partial charge in [0.1, 0.15) is 0 Å². The van der Waals surface area contributed by atoms with Crippen LogP contribution in [0.4, 0.5) is 4.79 Å². The molecule has 7 heteroatoms. The maximum Gasteiger partial charge on any atom is 0.337 e. The largest absolute Gasteiger partial charge is 0.463 e. The molecule has 1 fully saturated rings. The van der Waals surface area contributed by atoms with Gasteiger partial charge in [-0.3, -0.25) is 4.90 Å². The van der Waals surface area contributed by atoms with Crippen molar-refractivity contribution in [3.8, 4) is 0 Å². The van der Waals surface area contributed by atoms with Gasteiger partial charge in [-0.05, 0) is 19.8 Å². The molecule has 0 bridgehead atoms. The van der Waals surface area contributed by atoms with Crippen molar-refractivity contribution in [2.45, 2.75) is 33.7 Å². The van der Waals surface area contributed by atoms with E-state index in [1.165, 1.54) is 0 Å². The van der Waals surface area contributed by atoms with Crippen LogP contribution in [0.2, 0.25) is 0 Å². The Kier molecular flexibility index (Phi) is 6.62. The zero-order chi connectivity index (χ0) is 17.7. The molecule has 2 aliphatic rings. The minimum atomic E-state index is -0.356. The topological polar surface area (TPSA) is 73.9 Å². The summed E-state index contributed by atoms with van der Waals surface area (Å²) in [7, 11) is 0. The van der Waals surface area contributed by atoms with Crippen LogP contribution in [0.1, 0.15) is 27.7 Å². The molecule has 2 amide bonds. The molecule has 0 saturated carbocycles. The first-order valence-electron chi connectivity index (χ1n) is 8.83. The predicted molar refractivity (Wildman–Crippen MR) is 92.5 cm³/mol. The summed E-state index contributed by atoms with van der Waals surface area (Å²) in [6.45, 7) is 14.0. The molecule has 2 rings (SSSR count). The molecule has 136 valence electrons. The van der Waals surface area contributed by atoms with E-state index in [-0.39, 0.29) is 18.0 Å². The number of hydrogen-bond acceptors (Lipinski definition) is 5. The minimum Gasteiger partial charge on any atom is -0.463 e. The van der Waals surface area contributed by atoms with Gasteiger partial charge in [0, 0.05) is 45.0 Å². The van der Waals surface area contributed by atoms with Gasteiger partial charge in [-0.15, -0.1) is 0 Å². The number of nitrogens with one attached hydrogen (secondary N) is 2. The van der Waals surface area contributed by atoms with Crippen molar-refractivity contribution in [2.75, 3.05) is 45.9 Å². The van der Waals surface area contributed by atoms with Gasteiger partial charge in [0.05, 0.1) is 18.2 Å². The van der Waals surface area contributed by atoms with Gasteiger partial charge in [0.15, 0.2) is 0 Å². The summed E-state index contributed by atoms with van der Waals surface area (Å²) in [5.41, 5.74) is 1.20. The van der Waals surface area contributed by atoms with Crippen molar-refractivity contribution in [2.24, 2.45) is 5.92 Å². The average molecular weight is 338 g/mol. The molecule has 1 atom stereocenters. The van der Waals surface area contributed by atoms with Crippen molar-refractivity contribution < 1.29 is 14.3 Å². The van der Waals surface area contributed by atoms with Crippen LogP contribution in [0, 0.1) is 5.92 Å². The summed E-state index contributed by atoms with van der Waals surface area (Å²) in [5.74, 6) is 0.310. The molecule has 0 aromatic rings. The third-order valence-corrected chi connectivity index (χ3v) is 4.34. The Balaban J connectivity index is 2.03. The lowest BCUT2D eigenvalue weighted by Gasteiger charge is -2.37. The first-order valence-corrected chi connectivity index (χ1v) is 8.83. The van der Waals surface area contributed by atoms with Crippen LogP contribution in [0.3, 0.4) is 0 Å². The van der Waals surface area contributed by atoms with Crippen LogP contribution in [-0.2, 0) is 9.53 Å². The lowest BCUT2D eigenvalue weighted by atomic mass is 10.0. The van der Waals surface area contributed by atoms with Crippen LogP contribution in [0.15, 0.2) is 11.3 Å². The van der Waals surface area contributed by atoms with Crippen LogP contribution >= 0.6 is 0 Å². The molecule has 1 unspecified atom stereocenters. The maximum absolute atomic E-state index is 12.2. The van der Waals surface area contributed by atoms with Gasteiger partial charge in [-0.25, -0.2) is 9.59 Å². The van der Waals surface area contributed by atoms with E-state index in [0.29, 0.717) is 30.3 Å². The fraction of sp³-hybridized carbons (Fsp3) is 0.765. The Hall–Kier alpha value is -1.60. The number of ether oxygens (including phenoxy) is 1. The van der Waals surface area contributed by atoms with E-state index in [2.05, 4.69) is 34.3 Å². The average Bonchev–Trinajstić information content (AvgIpc) is 2.48. The number of carbonyl (C=O) groups is 2. The number of urea groups is 1. The Bertz CT molecular complexity index is 496. The Morgan fingerprint density at radius 3 is 2.46 bits per heavy atom. The normalized spacial score (nSPS) is 23.2. The van der Waals surface area contributed by atoms with E-state index < -0.39 is 0 Å². The quantitative estimate of drug-likeness (QED) is 0.700. The van der Waals surface area contributed by atoms with Gasteiger partial charge >= 0.3 is 12.0 Å². The molecule has 0 aromatic heterocycles. The number of carbonyl (C=O) groups excluding carboxylic acids is 2. The van der Waals surface area contributed by atoms with E-state index in [9.17, 15) is 9.59 Å². The zero-order valence-corrected chi connectivity index (χ0v) is 15.2. The summed E-state index contributed by atoms with van der Waals surface area (Å²) in [5, 5.41) is 5.53. The molecule has 2 heterocycles. The summed E-state index contributed by atoms with van der Waals surface area (Å²) in [6, 6.07) is -0.598. The highest BCUT2D eigenvalue weighted by Gasteiger charge is 2.31. The first kappa shape index (κ1) is 18.7. The number of nitrogens with zero attached hydrogens (tertiary/aromatic N) is 2. The second kappa shape index (κ2) is 8.48. The number of rotatable bonds is 6. The molecule has 2 aliphatic heterocycles. The predicted octanol–water partition coefficient (Wildman–Crippen LogP) is 0.779. The Morgan fingerprint density at radius 2 is 1.88 bits per heavy atom. The van der Waals surface area contributed by atoms with Crippen molar-refractivity contribution >= 4 is 12.0 Å². The number of hydrogen-bond donors (Lipinski definition) is 2. The lowest BCUT2D eigenvalue weighted by Crippen LogP contribution is -2.53. The number of piperazine rings is 1. The highest BCUT2D eigenvalue weighted by molar-refractivity contribution is 5.94. The van der Waals surface area contributed by atoms with Crippen LogP contribution in [0.5, 0.6) is 0 Å².